The highest BCUT2D eigenvalue weighted by Gasteiger charge is 2.10. The van der Waals surface area contributed by atoms with Crippen molar-refractivity contribution in [2.75, 3.05) is 10.6 Å². The van der Waals surface area contributed by atoms with E-state index in [4.69, 9.17) is 0 Å². The average Bonchev–Trinajstić information content (AvgIpc) is 2.31. The van der Waals surface area contributed by atoms with E-state index in [9.17, 15) is 9.59 Å². The molecule has 0 aliphatic rings. The van der Waals surface area contributed by atoms with Gasteiger partial charge in [0.05, 0.1) is 11.4 Å². The molecule has 0 radical (unpaired) electrons. The molecule has 1 aromatic rings. The van der Waals surface area contributed by atoms with Crippen LogP contribution < -0.4 is 10.6 Å². The van der Waals surface area contributed by atoms with Crippen molar-refractivity contribution < 1.29 is 9.59 Å². The van der Waals surface area contributed by atoms with E-state index in [1.54, 1.807) is 19.1 Å². The molecule has 0 spiro atoms. The molecule has 92 valence electrons. The Bertz CT molecular complexity index is 414. The van der Waals surface area contributed by atoms with Gasteiger partial charge < -0.3 is 10.6 Å². The van der Waals surface area contributed by atoms with Crippen LogP contribution in [0.2, 0.25) is 0 Å². The molecule has 0 aliphatic carbocycles. The third-order valence-corrected chi connectivity index (χ3v) is 2.30. The summed E-state index contributed by atoms with van der Waals surface area (Å²) in [4.78, 5) is 22.9. The molecular weight excluding hydrogens is 216 g/mol. The molecule has 0 saturated heterocycles. The van der Waals surface area contributed by atoms with Gasteiger partial charge in [-0.2, -0.15) is 0 Å². The fraction of sp³-hybridized carbons (Fsp3) is 0.385. The van der Waals surface area contributed by atoms with Gasteiger partial charge in [0.15, 0.2) is 0 Å². The van der Waals surface area contributed by atoms with Gasteiger partial charge in [0.2, 0.25) is 11.8 Å². The Balaban J connectivity index is 2.84. The van der Waals surface area contributed by atoms with Crippen LogP contribution in [0.1, 0.15) is 27.2 Å². The molecule has 0 heterocycles. The maximum absolute atomic E-state index is 11.6. The minimum absolute atomic E-state index is 0.0665. The molecule has 0 unspecified atom stereocenters. The van der Waals surface area contributed by atoms with Crippen LogP contribution >= 0.6 is 0 Å². The first kappa shape index (κ1) is 13.2. The first-order valence-corrected chi connectivity index (χ1v) is 5.74. The monoisotopic (exact) mass is 234 g/mol. The van der Waals surface area contributed by atoms with Crippen molar-refractivity contribution in [1.29, 1.82) is 0 Å². The SMILES string of the molecule is CCC(=O)Nc1ccccc1NC(=O)C(C)C. The predicted molar refractivity (Wildman–Crippen MR) is 68.8 cm³/mol. The maximum Gasteiger partial charge on any atom is 0.226 e. The van der Waals surface area contributed by atoms with E-state index in [-0.39, 0.29) is 17.7 Å². The summed E-state index contributed by atoms with van der Waals surface area (Å²) in [5.41, 5.74) is 1.27. The van der Waals surface area contributed by atoms with Crippen LogP contribution in [0.15, 0.2) is 24.3 Å². The van der Waals surface area contributed by atoms with Crippen LogP contribution in [0.3, 0.4) is 0 Å². The van der Waals surface area contributed by atoms with Gasteiger partial charge in [0.25, 0.3) is 0 Å². The highest BCUT2D eigenvalue weighted by Crippen LogP contribution is 2.21. The van der Waals surface area contributed by atoms with E-state index in [1.807, 2.05) is 26.0 Å². The molecule has 1 aromatic carbocycles. The lowest BCUT2D eigenvalue weighted by Crippen LogP contribution is -2.19. The molecule has 1 rings (SSSR count). The molecule has 4 heteroatoms. The van der Waals surface area contributed by atoms with Crippen molar-refractivity contribution in [2.24, 2.45) is 5.92 Å². The van der Waals surface area contributed by atoms with Crippen LogP contribution in [0.25, 0.3) is 0 Å². The van der Waals surface area contributed by atoms with Crippen LogP contribution in [0, 0.1) is 5.92 Å². The molecule has 0 aromatic heterocycles. The van der Waals surface area contributed by atoms with E-state index < -0.39 is 0 Å². The van der Waals surface area contributed by atoms with Crippen LogP contribution in [0.4, 0.5) is 11.4 Å². The minimum atomic E-state index is -0.0927. The number of anilines is 2. The molecule has 0 saturated carbocycles. The number of carbonyl (C=O) groups is 2. The standard InChI is InChI=1S/C13H18N2O2/c1-4-12(16)14-10-7-5-6-8-11(10)15-13(17)9(2)3/h5-9H,4H2,1-3H3,(H,14,16)(H,15,17). The number of hydrogen-bond acceptors (Lipinski definition) is 2. The predicted octanol–water partition coefficient (Wildman–Crippen LogP) is 2.63. The molecule has 2 N–H and O–H groups in total. The first-order chi connectivity index (χ1) is 8.04. The lowest BCUT2D eigenvalue weighted by atomic mass is 10.2. The third kappa shape index (κ3) is 3.90. The zero-order valence-corrected chi connectivity index (χ0v) is 10.4. The van der Waals surface area contributed by atoms with Gasteiger partial charge in [-0.15, -0.1) is 0 Å². The van der Waals surface area contributed by atoms with Gasteiger partial charge in [-0.3, -0.25) is 9.59 Å². The Morgan fingerprint density at radius 1 is 1.12 bits per heavy atom. The summed E-state index contributed by atoms with van der Waals surface area (Å²) < 4.78 is 0. The van der Waals surface area contributed by atoms with Crippen molar-refractivity contribution in [1.82, 2.24) is 0 Å². The van der Waals surface area contributed by atoms with Crippen LogP contribution in [-0.2, 0) is 9.59 Å². The second-order valence-electron chi connectivity index (χ2n) is 4.09. The normalized spacial score (nSPS) is 10.1. The zero-order valence-electron chi connectivity index (χ0n) is 10.4. The average molecular weight is 234 g/mol. The Kier molecular flexibility index (Phi) is 4.69. The minimum Gasteiger partial charge on any atom is -0.324 e. The van der Waals surface area contributed by atoms with Crippen LogP contribution in [-0.4, -0.2) is 11.8 Å². The Morgan fingerprint density at radius 3 is 2.12 bits per heavy atom. The number of amides is 2. The lowest BCUT2D eigenvalue weighted by molar-refractivity contribution is -0.119. The molecular formula is C13H18N2O2. The van der Waals surface area contributed by atoms with Gasteiger partial charge >= 0.3 is 0 Å². The van der Waals surface area contributed by atoms with Gasteiger partial charge in [-0.25, -0.2) is 0 Å². The molecule has 0 bridgehead atoms. The fourth-order valence-electron chi connectivity index (χ4n) is 1.22. The van der Waals surface area contributed by atoms with E-state index in [2.05, 4.69) is 10.6 Å². The van der Waals surface area contributed by atoms with E-state index in [0.29, 0.717) is 17.8 Å². The van der Waals surface area contributed by atoms with E-state index in [0.717, 1.165) is 0 Å². The number of nitrogens with one attached hydrogen (secondary N) is 2. The first-order valence-electron chi connectivity index (χ1n) is 5.74. The third-order valence-electron chi connectivity index (χ3n) is 2.30. The lowest BCUT2D eigenvalue weighted by Gasteiger charge is -2.13. The summed E-state index contributed by atoms with van der Waals surface area (Å²) in [6.07, 6.45) is 0.409. The second-order valence-corrected chi connectivity index (χ2v) is 4.09. The second kappa shape index (κ2) is 6.03. The van der Waals surface area contributed by atoms with E-state index >= 15 is 0 Å². The quantitative estimate of drug-likeness (QED) is 0.841. The van der Waals surface area contributed by atoms with Crippen molar-refractivity contribution in [3.63, 3.8) is 0 Å². The largest absolute Gasteiger partial charge is 0.324 e. The molecule has 0 aliphatic heterocycles. The summed E-state index contributed by atoms with van der Waals surface area (Å²) in [6, 6.07) is 7.17. The maximum atomic E-state index is 11.6. The molecule has 0 fully saturated rings. The number of rotatable bonds is 4. The molecule has 4 nitrogen and oxygen atoms in total. The Morgan fingerprint density at radius 2 is 1.65 bits per heavy atom. The van der Waals surface area contributed by atoms with Gasteiger partial charge in [0, 0.05) is 12.3 Å². The van der Waals surface area contributed by atoms with Crippen molar-refractivity contribution >= 4 is 23.2 Å². The number of benzene rings is 1. The van der Waals surface area contributed by atoms with Gasteiger partial charge in [-0.1, -0.05) is 32.9 Å². The van der Waals surface area contributed by atoms with Gasteiger partial charge in [-0.05, 0) is 12.1 Å². The summed E-state index contributed by atoms with van der Waals surface area (Å²) in [5.74, 6) is -0.232. The van der Waals surface area contributed by atoms with Gasteiger partial charge in [0.1, 0.15) is 0 Å². The number of hydrogen-bond donors (Lipinski definition) is 2. The number of para-hydroxylation sites is 2. The summed E-state index contributed by atoms with van der Waals surface area (Å²) in [7, 11) is 0. The number of carbonyl (C=O) groups excluding carboxylic acids is 2. The van der Waals surface area contributed by atoms with Crippen molar-refractivity contribution in [2.45, 2.75) is 27.2 Å². The summed E-state index contributed by atoms with van der Waals surface area (Å²) >= 11 is 0. The highest BCUT2D eigenvalue weighted by atomic mass is 16.2. The fourth-order valence-corrected chi connectivity index (χ4v) is 1.22. The zero-order chi connectivity index (χ0) is 12.8. The summed E-state index contributed by atoms with van der Waals surface area (Å²) in [5, 5.41) is 5.54. The summed E-state index contributed by atoms with van der Waals surface area (Å²) in [6.45, 7) is 5.43. The molecule has 17 heavy (non-hydrogen) atoms. The Hall–Kier alpha value is -1.84. The van der Waals surface area contributed by atoms with Crippen molar-refractivity contribution in [3.8, 4) is 0 Å². The Labute approximate surface area is 101 Å². The highest BCUT2D eigenvalue weighted by molar-refractivity contribution is 5.99. The van der Waals surface area contributed by atoms with Crippen molar-refractivity contribution in [3.05, 3.63) is 24.3 Å². The van der Waals surface area contributed by atoms with Crippen LogP contribution in [0.5, 0.6) is 0 Å². The van der Waals surface area contributed by atoms with E-state index in [1.165, 1.54) is 0 Å². The smallest absolute Gasteiger partial charge is 0.226 e. The molecule has 0 atom stereocenters. The topological polar surface area (TPSA) is 58.2 Å². The molecule has 2 amide bonds.